The van der Waals surface area contributed by atoms with E-state index < -0.39 is 11.7 Å². The number of hydrogen-bond acceptors (Lipinski definition) is 2. The zero-order valence-corrected chi connectivity index (χ0v) is 16.4. The number of rotatable bonds is 5. The summed E-state index contributed by atoms with van der Waals surface area (Å²) in [5, 5.41) is 3.30. The predicted molar refractivity (Wildman–Crippen MR) is 113 cm³/mol. The Hall–Kier alpha value is -3.05. The van der Waals surface area contributed by atoms with Crippen LogP contribution in [0.2, 0.25) is 0 Å². The average molecular weight is 409 g/mol. The van der Waals surface area contributed by atoms with Crippen LogP contribution in [0, 0.1) is 0 Å². The molecule has 0 aromatic heterocycles. The van der Waals surface area contributed by atoms with Crippen LogP contribution in [0.4, 0.5) is 13.2 Å². The van der Waals surface area contributed by atoms with Crippen LogP contribution in [-0.2, 0) is 12.8 Å². The Bertz CT molecular complexity index is 1040. The van der Waals surface area contributed by atoms with E-state index in [-0.39, 0.29) is 12.4 Å². The first-order chi connectivity index (χ1) is 14.5. The molecule has 3 aromatic rings. The first-order valence-electron chi connectivity index (χ1n) is 9.90. The molecule has 3 aromatic carbocycles. The minimum atomic E-state index is -4.46. The maximum absolute atomic E-state index is 13.4. The van der Waals surface area contributed by atoms with Crippen molar-refractivity contribution in [2.24, 2.45) is 0 Å². The smallest absolute Gasteiger partial charge is 0.419 e. The highest BCUT2D eigenvalue weighted by molar-refractivity contribution is 5.78. The molecule has 0 spiro atoms. The summed E-state index contributed by atoms with van der Waals surface area (Å²) in [4.78, 5) is 0. The van der Waals surface area contributed by atoms with Crippen LogP contribution < -0.4 is 10.1 Å². The molecule has 5 heteroatoms. The van der Waals surface area contributed by atoms with E-state index in [0.717, 1.165) is 47.8 Å². The van der Waals surface area contributed by atoms with Gasteiger partial charge in [0.15, 0.2) is 0 Å². The summed E-state index contributed by atoms with van der Waals surface area (Å²) < 4.78 is 46.0. The summed E-state index contributed by atoms with van der Waals surface area (Å²) in [7, 11) is 0. The molecule has 154 valence electrons. The van der Waals surface area contributed by atoms with Crippen molar-refractivity contribution in [1.29, 1.82) is 0 Å². The SMILES string of the molecule is FC(F)(F)c1ccccc1OCc1c(C2=CCNCC2)cccc1-c1ccccc1. The third kappa shape index (κ3) is 4.41. The third-order valence-corrected chi connectivity index (χ3v) is 5.24. The van der Waals surface area contributed by atoms with Crippen LogP contribution in [0.15, 0.2) is 78.9 Å². The van der Waals surface area contributed by atoms with Gasteiger partial charge in [0.1, 0.15) is 12.4 Å². The van der Waals surface area contributed by atoms with Gasteiger partial charge in [-0.2, -0.15) is 13.2 Å². The molecular weight excluding hydrogens is 387 g/mol. The lowest BCUT2D eigenvalue weighted by molar-refractivity contribution is -0.139. The molecule has 2 nitrogen and oxygen atoms in total. The summed E-state index contributed by atoms with van der Waals surface area (Å²) in [5.74, 6) is -0.155. The molecule has 0 aliphatic carbocycles. The lowest BCUT2D eigenvalue weighted by Crippen LogP contribution is -2.20. The quantitative estimate of drug-likeness (QED) is 0.532. The molecule has 1 aliphatic rings. The number of alkyl halides is 3. The van der Waals surface area contributed by atoms with Crippen LogP contribution in [0.25, 0.3) is 16.7 Å². The molecule has 0 radical (unpaired) electrons. The summed E-state index contributed by atoms with van der Waals surface area (Å²) in [6.45, 7) is 1.71. The van der Waals surface area contributed by atoms with Crippen molar-refractivity contribution in [3.05, 3.63) is 95.6 Å². The minimum absolute atomic E-state index is 0.0538. The van der Waals surface area contributed by atoms with Crippen molar-refractivity contribution < 1.29 is 17.9 Å². The fraction of sp³-hybridized carbons (Fsp3) is 0.200. The van der Waals surface area contributed by atoms with Gasteiger partial charge in [0, 0.05) is 12.1 Å². The van der Waals surface area contributed by atoms with Gasteiger partial charge in [-0.05, 0) is 47.4 Å². The second-order valence-corrected chi connectivity index (χ2v) is 7.16. The van der Waals surface area contributed by atoms with E-state index in [4.69, 9.17) is 4.74 Å². The predicted octanol–water partition coefficient (Wildman–Crippen LogP) is 6.33. The van der Waals surface area contributed by atoms with Crippen molar-refractivity contribution in [1.82, 2.24) is 5.32 Å². The molecule has 1 aliphatic heterocycles. The highest BCUT2D eigenvalue weighted by Crippen LogP contribution is 2.38. The Balaban J connectivity index is 1.75. The van der Waals surface area contributed by atoms with Gasteiger partial charge in [-0.1, -0.05) is 66.7 Å². The van der Waals surface area contributed by atoms with Gasteiger partial charge in [0.05, 0.1) is 5.56 Å². The van der Waals surface area contributed by atoms with Crippen molar-refractivity contribution in [2.75, 3.05) is 13.1 Å². The fourth-order valence-electron chi connectivity index (χ4n) is 3.78. The molecule has 4 rings (SSSR count). The summed E-state index contributed by atoms with van der Waals surface area (Å²) in [6.07, 6.45) is -1.46. The van der Waals surface area contributed by atoms with E-state index in [1.807, 2.05) is 48.5 Å². The molecule has 0 amide bonds. The summed E-state index contributed by atoms with van der Waals surface area (Å²) in [6, 6.07) is 21.2. The van der Waals surface area contributed by atoms with E-state index in [9.17, 15) is 13.2 Å². The first kappa shape index (κ1) is 20.2. The van der Waals surface area contributed by atoms with E-state index >= 15 is 0 Å². The number of nitrogens with one attached hydrogen (secondary N) is 1. The maximum atomic E-state index is 13.4. The lowest BCUT2D eigenvalue weighted by Gasteiger charge is -2.21. The van der Waals surface area contributed by atoms with E-state index in [1.165, 1.54) is 17.7 Å². The highest BCUT2D eigenvalue weighted by Gasteiger charge is 2.34. The molecule has 0 saturated carbocycles. The maximum Gasteiger partial charge on any atom is 0.419 e. The first-order valence-corrected chi connectivity index (χ1v) is 9.90. The van der Waals surface area contributed by atoms with Crippen LogP contribution in [-0.4, -0.2) is 13.1 Å². The van der Waals surface area contributed by atoms with Crippen molar-refractivity contribution in [3.8, 4) is 16.9 Å². The van der Waals surface area contributed by atoms with Gasteiger partial charge in [-0.15, -0.1) is 0 Å². The summed E-state index contributed by atoms with van der Waals surface area (Å²) in [5.41, 5.74) is 4.34. The largest absolute Gasteiger partial charge is 0.488 e. The van der Waals surface area contributed by atoms with Crippen LogP contribution in [0.3, 0.4) is 0 Å². The van der Waals surface area contributed by atoms with Crippen LogP contribution in [0.5, 0.6) is 5.75 Å². The second-order valence-electron chi connectivity index (χ2n) is 7.16. The minimum Gasteiger partial charge on any atom is -0.488 e. The molecular formula is C25H22F3NO. The molecule has 0 fully saturated rings. The van der Waals surface area contributed by atoms with Crippen molar-refractivity contribution >= 4 is 5.57 Å². The molecule has 0 saturated heterocycles. The van der Waals surface area contributed by atoms with Crippen molar-refractivity contribution in [3.63, 3.8) is 0 Å². The molecule has 30 heavy (non-hydrogen) atoms. The molecule has 0 atom stereocenters. The number of halogens is 3. The average Bonchev–Trinajstić information content (AvgIpc) is 2.78. The zero-order valence-electron chi connectivity index (χ0n) is 16.4. The Morgan fingerprint density at radius 3 is 2.30 bits per heavy atom. The number of hydrogen-bond donors (Lipinski definition) is 1. The van der Waals surface area contributed by atoms with Crippen molar-refractivity contribution in [2.45, 2.75) is 19.2 Å². The number of ether oxygens (including phenoxy) is 1. The van der Waals surface area contributed by atoms with E-state index in [0.29, 0.717) is 0 Å². The molecule has 1 N–H and O–H groups in total. The van der Waals surface area contributed by atoms with Gasteiger partial charge in [-0.3, -0.25) is 0 Å². The van der Waals surface area contributed by atoms with E-state index in [2.05, 4.69) is 11.4 Å². The highest BCUT2D eigenvalue weighted by atomic mass is 19.4. The molecule has 1 heterocycles. The van der Waals surface area contributed by atoms with Gasteiger partial charge in [-0.25, -0.2) is 0 Å². The topological polar surface area (TPSA) is 21.3 Å². The number of para-hydroxylation sites is 1. The second kappa shape index (κ2) is 8.76. The van der Waals surface area contributed by atoms with Gasteiger partial charge in [0.25, 0.3) is 0 Å². The standard InChI is InChI=1S/C25H22F3NO/c26-25(27,28)23-11-4-5-12-24(23)30-17-22-20(18-7-2-1-3-8-18)9-6-10-21(22)19-13-15-29-16-14-19/h1-13,29H,14-17H2. The fourth-order valence-corrected chi connectivity index (χ4v) is 3.78. The van der Waals surface area contributed by atoms with E-state index in [1.54, 1.807) is 6.07 Å². The molecule has 0 unspecified atom stereocenters. The van der Waals surface area contributed by atoms with Gasteiger partial charge < -0.3 is 10.1 Å². The zero-order chi connectivity index (χ0) is 21.0. The lowest BCUT2D eigenvalue weighted by atomic mass is 9.90. The molecule has 0 bridgehead atoms. The van der Waals surface area contributed by atoms with Crippen LogP contribution in [0.1, 0.15) is 23.1 Å². The normalized spacial score (nSPS) is 14.3. The van der Waals surface area contributed by atoms with Gasteiger partial charge in [0.2, 0.25) is 0 Å². The Morgan fingerprint density at radius 2 is 1.57 bits per heavy atom. The Kier molecular flexibility index (Phi) is 5.91. The van der Waals surface area contributed by atoms with Crippen LogP contribution >= 0.6 is 0 Å². The third-order valence-electron chi connectivity index (χ3n) is 5.24. The Morgan fingerprint density at radius 1 is 0.833 bits per heavy atom. The monoisotopic (exact) mass is 409 g/mol. The Labute approximate surface area is 174 Å². The van der Waals surface area contributed by atoms with Gasteiger partial charge >= 0.3 is 6.18 Å². The number of benzene rings is 3. The summed E-state index contributed by atoms with van der Waals surface area (Å²) >= 11 is 0.